The maximum Gasteiger partial charge on any atom is 0.345 e. The van der Waals surface area contributed by atoms with E-state index >= 15 is 0 Å². The van der Waals surface area contributed by atoms with Crippen molar-refractivity contribution in [3.63, 3.8) is 0 Å². The number of urea groups is 1. The topological polar surface area (TPSA) is 76.0 Å². The van der Waals surface area contributed by atoms with E-state index in [-0.39, 0.29) is 11.8 Å². The number of fused-ring (bicyclic) bond motifs is 1. The van der Waals surface area contributed by atoms with Gasteiger partial charge < -0.3 is 14.8 Å². The number of aliphatic imine (C=N–C) groups is 1. The van der Waals surface area contributed by atoms with E-state index in [1.165, 1.54) is 5.56 Å². The first-order chi connectivity index (χ1) is 19.1. The molecule has 2 heterocycles. The Morgan fingerprint density at radius 1 is 1.05 bits per heavy atom. The molecule has 0 spiro atoms. The number of hydrogen-bond donors (Lipinski definition) is 1. The first-order valence-electron chi connectivity index (χ1n) is 13.2. The molecule has 7 heteroatoms. The Hall–Kier alpha value is -4.07. The molecule has 2 atom stereocenters. The van der Waals surface area contributed by atoms with Crippen LogP contribution >= 0.6 is 0 Å². The smallest absolute Gasteiger partial charge is 0.345 e. The predicted molar refractivity (Wildman–Crippen MR) is 157 cm³/mol. The lowest BCUT2D eigenvalue weighted by molar-refractivity contribution is 0.159. The second kappa shape index (κ2) is 12.2. The summed E-state index contributed by atoms with van der Waals surface area (Å²) in [4.78, 5) is 24.8. The van der Waals surface area contributed by atoms with E-state index in [2.05, 4.69) is 39.5 Å². The van der Waals surface area contributed by atoms with Gasteiger partial charge in [-0.05, 0) is 36.2 Å². The quantitative estimate of drug-likeness (QED) is 0.280. The molecule has 2 amide bonds. The molecule has 1 aromatic heterocycles. The number of aromatic nitrogens is 1. The number of hydrogen-bond acceptors (Lipinski definition) is 5. The van der Waals surface area contributed by atoms with Crippen LogP contribution in [-0.2, 0) is 4.74 Å². The van der Waals surface area contributed by atoms with E-state index in [9.17, 15) is 4.79 Å². The predicted octanol–water partition coefficient (Wildman–Crippen LogP) is 6.18. The van der Waals surface area contributed by atoms with Crippen LogP contribution in [0.1, 0.15) is 17.0 Å². The molecule has 0 bridgehead atoms. The summed E-state index contributed by atoms with van der Waals surface area (Å²) in [5.74, 6) is 1.15. The number of carbonyl (C=O) groups is 1. The molecule has 3 aromatic carbocycles. The lowest BCUT2D eigenvalue weighted by Crippen LogP contribution is -2.25. The summed E-state index contributed by atoms with van der Waals surface area (Å²) in [5.41, 5.74) is 5.31. The van der Waals surface area contributed by atoms with Crippen LogP contribution in [0.3, 0.4) is 0 Å². The van der Waals surface area contributed by atoms with Gasteiger partial charge in [-0.15, -0.1) is 0 Å². The highest BCUT2D eigenvalue weighted by Gasteiger charge is 2.32. The number of benzene rings is 3. The average Bonchev–Trinajstić information content (AvgIpc) is 3.38. The first-order valence-corrected chi connectivity index (χ1v) is 13.2. The zero-order valence-corrected chi connectivity index (χ0v) is 22.6. The van der Waals surface area contributed by atoms with Crippen LogP contribution in [0.25, 0.3) is 22.2 Å². The van der Waals surface area contributed by atoms with Crippen molar-refractivity contribution in [2.45, 2.75) is 12.8 Å². The van der Waals surface area contributed by atoms with E-state index in [4.69, 9.17) is 14.5 Å². The molecule has 1 unspecified atom stereocenters. The number of nitrogens with one attached hydrogen (secondary N) is 1. The van der Waals surface area contributed by atoms with Crippen molar-refractivity contribution in [3.05, 3.63) is 90.0 Å². The van der Waals surface area contributed by atoms with Crippen molar-refractivity contribution in [2.75, 3.05) is 45.8 Å². The highest BCUT2D eigenvalue weighted by molar-refractivity contribution is 6.00. The van der Waals surface area contributed by atoms with Crippen LogP contribution in [0.5, 0.6) is 5.75 Å². The van der Waals surface area contributed by atoms with Gasteiger partial charge in [0.2, 0.25) is 0 Å². The average molecular weight is 523 g/mol. The van der Waals surface area contributed by atoms with E-state index in [1.807, 2.05) is 67.7 Å². The molecule has 1 aliphatic rings. The molecule has 1 saturated heterocycles. The molecular weight excluding hydrogens is 488 g/mol. The highest BCUT2D eigenvalue weighted by Crippen LogP contribution is 2.34. The fourth-order valence-corrected chi connectivity index (χ4v) is 5.27. The maximum absolute atomic E-state index is 13.2. The molecule has 5 rings (SSSR count). The van der Waals surface area contributed by atoms with Gasteiger partial charge in [0.25, 0.3) is 0 Å². The summed E-state index contributed by atoms with van der Waals surface area (Å²) < 4.78 is 10.8. The minimum atomic E-state index is -0.422. The molecule has 1 fully saturated rings. The van der Waals surface area contributed by atoms with E-state index in [1.54, 1.807) is 14.2 Å². The van der Waals surface area contributed by atoms with Crippen molar-refractivity contribution in [3.8, 4) is 17.0 Å². The molecule has 0 saturated carbocycles. The largest absolute Gasteiger partial charge is 0.496 e. The van der Waals surface area contributed by atoms with Crippen molar-refractivity contribution < 1.29 is 14.3 Å². The van der Waals surface area contributed by atoms with Gasteiger partial charge in [-0.25, -0.2) is 14.8 Å². The number of methoxy groups -OCH3 is 2. The summed E-state index contributed by atoms with van der Waals surface area (Å²) in [7, 11) is 3.37. The number of anilines is 1. The van der Waals surface area contributed by atoms with Crippen LogP contribution in [0.4, 0.5) is 10.5 Å². The Kier molecular flexibility index (Phi) is 8.30. The Morgan fingerprint density at radius 3 is 2.51 bits per heavy atom. The SMILES string of the molecule is COCCN1CC(/C=N/C(=O)Nc2cc3cc(OC)c(C)cc3nc2-c2ccccc2)[C@H](c2ccccc2)C1. The molecule has 1 N–H and O–H groups in total. The van der Waals surface area contributed by atoms with Crippen LogP contribution in [0.15, 0.2) is 83.9 Å². The van der Waals surface area contributed by atoms with Crippen LogP contribution in [0, 0.1) is 12.8 Å². The summed E-state index contributed by atoms with van der Waals surface area (Å²) in [6, 6.07) is 25.8. The van der Waals surface area contributed by atoms with E-state index < -0.39 is 6.03 Å². The van der Waals surface area contributed by atoms with Crippen LogP contribution < -0.4 is 10.1 Å². The number of rotatable bonds is 8. The number of amides is 2. The number of nitrogens with zero attached hydrogens (tertiary/aromatic N) is 3. The van der Waals surface area contributed by atoms with E-state index in [0.717, 1.165) is 47.4 Å². The zero-order valence-electron chi connectivity index (χ0n) is 22.6. The summed E-state index contributed by atoms with van der Waals surface area (Å²) >= 11 is 0. The molecule has 0 radical (unpaired) electrons. The minimum Gasteiger partial charge on any atom is -0.496 e. The van der Waals surface area contributed by atoms with Crippen molar-refractivity contribution in [1.29, 1.82) is 0 Å². The Bertz CT molecular complexity index is 1460. The first kappa shape index (κ1) is 26.5. The van der Waals surface area contributed by atoms with E-state index in [0.29, 0.717) is 18.0 Å². The van der Waals surface area contributed by atoms with Crippen molar-refractivity contribution >= 4 is 28.8 Å². The maximum atomic E-state index is 13.2. The third-order valence-corrected chi connectivity index (χ3v) is 7.28. The number of likely N-dealkylation sites (tertiary alicyclic amines) is 1. The summed E-state index contributed by atoms with van der Waals surface area (Å²) in [5, 5.41) is 3.88. The Labute approximate surface area is 229 Å². The minimum absolute atomic E-state index is 0.116. The fraction of sp³-hybridized carbons (Fsp3) is 0.281. The second-order valence-electron chi connectivity index (χ2n) is 9.91. The molecular formula is C32H34N4O3. The van der Waals surface area contributed by atoms with Crippen molar-refractivity contribution in [2.24, 2.45) is 10.9 Å². The van der Waals surface area contributed by atoms with Crippen LogP contribution in [-0.4, -0.2) is 62.6 Å². The Balaban J connectivity index is 1.42. The number of aryl methyl sites for hydroxylation is 1. The highest BCUT2D eigenvalue weighted by atomic mass is 16.5. The number of ether oxygens (including phenoxy) is 2. The second-order valence-corrected chi connectivity index (χ2v) is 9.91. The molecule has 0 aliphatic carbocycles. The Morgan fingerprint density at radius 2 is 1.79 bits per heavy atom. The zero-order chi connectivity index (χ0) is 27.2. The van der Waals surface area contributed by atoms with Gasteiger partial charge in [0, 0.05) is 55.7 Å². The van der Waals surface area contributed by atoms with Gasteiger partial charge in [-0.2, -0.15) is 0 Å². The molecule has 39 heavy (non-hydrogen) atoms. The standard InChI is InChI=1S/C32H34N4O3/c1-22-16-28-25(18-30(22)39-3)17-29(31(34-28)24-12-8-5-9-13-24)35-32(37)33-19-26-20-36(14-15-38-2)21-27(26)23-10-6-4-7-11-23/h4-13,16-19,26-27H,14-15,20-21H2,1-3H3,(H,35,37)/b33-19+/t26?,27-/m0/s1. The molecule has 4 aromatic rings. The normalized spacial score (nSPS) is 17.6. The monoisotopic (exact) mass is 522 g/mol. The molecule has 7 nitrogen and oxygen atoms in total. The summed E-state index contributed by atoms with van der Waals surface area (Å²) in [6.07, 6.45) is 1.81. The summed E-state index contributed by atoms with van der Waals surface area (Å²) in [6.45, 7) is 5.25. The number of carbonyl (C=O) groups excluding carboxylic acids is 1. The lowest BCUT2D eigenvalue weighted by atomic mass is 9.90. The van der Waals surface area contributed by atoms with Gasteiger partial charge in [-0.3, -0.25) is 4.90 Å². The number of pyridine rings is 1. The van der Waals surface area contributed by atoms with Crippen molar-refractivity contribution in [1.82, 2.24) is 9.88 Å². The van der Waals surface area contributed by atoms with Crippen LogP contribution in [0.2, 0.25) is 0 Å². The molecule has 200 valence electrons. The van der Waals surface area contributed by atoms with Gasteiger partial charge in [0.15, 0.2) is 0 Å². The third-order valence-electron chi connectivity index (χ3n) is 7.28. The van der Waals surface area contributed by atoms with Gasteiger partial charge >= 0.3 is 6.03 Å². The molecule has 1 aliphatic heterocycles. The third kappa shape index (κ3) is 6.16. The van der Waals surface area contributed by atoms with Gasteiger partial charge in [-0.1, -0.05) is 60.7 Å². The van der Waals surface area contributed by atoms with Gasteiger partial charge in [0.05, 0.1) is 30.6 Å². The lowest BCUT2D eigenvalue weighted by Gasteiger charge is -2.16. The fourth-order valence-electron chi connectivity index (χ4n) is 5.27. The van der Waals surface area contributed by atoms with Gasteiger partial charge in [0.1, 0.15) is 5.75 Å².